The Hall–Kier alpha value is -1.31. The molecule has 2 heteroatoms. The van der Waals surface area contributed by atoms with Crippen molar-refractivity contribution in [2.24, 2.45) is 0 Å². The molecule has 13 heavy (non-hydrogen) atoms. The first-order valence-corrected chi connectivity index (χ1v) is 4.28. The van der Waals surface area contributed by atoms with Crippen molar-refractivity contribution in [3.63, 3.8) is 0 Å². The highest BCUT2D eigenvalue weighted by atomic mass is 16.1. The second-order valence-corrected chi connectivity index (χ2v) is 4.00. The van der Waals surface area contributed by atoms with Gasteiger partial charge in [-0.05, 0) is 39.0 Å². The Morgan fingerprint density at radius 3 is 2.62 bits per heavy atom. The molecule has 1 aromatic rings. The molecule has 0 aliphatic rings. The van der Waals surface area contributed by atoms with Crippen LogP contribution in [0.15, 0.2) is 24.3 Å². The maximum absolute atomic E-state index is 11.5. The monoisotopic (exact) mass is 176 g/mol. The molecule has 0 saturated carbocycles. The highest BCUT2D eigenvalue weighted by Gasteiger charge is 2.14. The van der Waals surface area contributed by atoms with Gasteiger partial charge in [0, 0.05) is 11.1 Å². The highest BCUT2D eigenvalue weighted by molar-refractivity contribution is 5.94. The Balaban J connectivity index is 2.71. The first kappa shape index (κ1) is 9.78. The number of hydrogen-bond donors (Lipinski definition) is 1. The third-order valence-corrected chi connectivity index (χ3v) is 1.46. The fraction of sp³-hybridized carbons (Fsp3) is 0.364. The Kier molecular flexibility index (Phi) is 2.71. The second kappa shape index (κ2) is 3.60. The van der Waals surface area contributed by atoms with E-state index in [0.717, 1.165) is 0 Å². The Morgan fingerprint density at radius 2 is 2.15 bits per heavy atom. The second-order valence-electron chi connectivity index (χ2n) is 4.00. The van der Waals surface area contributed by atoms with Crippen molar-refractivity contribution in [2.45, 2.75) is 26.3 Å². The van der Waals surface area contributed by atoms with Gasteiger partial charge in [-0.25, -0.2) is 0 Å². The topological polar surface area (TPSA) is 29.1 Å². The van der Waals surface area contributed by atoms with Gasteiger partial charge in [0.2, 0.25) is 0 Å². The lowest BCUT2D eigenvalue weighted by Gasteiger charge is -2.20. The third-order valence-electron chi connectivity index (χ3n) is 1.46. The van der Waals surface area contributed by atoms with Gasteiger partial charge in [-0.15, -0.1) is 0 Å². The molecule has 0 atom stereocenters. The van der Waals surface area contributed by atoms with Gasteiger partial charge in [-0.2, -0.15) is 0 Å². The van der Waals surface area contributed by atoms with Crippen LogP contribution in [0.3, 0.4) is 0 Å². The molecular formula is C11H14NO. The van der Waals surface area contributed by atoms with Crippen LogP contribution in [0.2, 0.25) is 0 Å². The van der Waals surface area contributed by atoms with E-state index >= 15 is 0 Å². The average Bonchev–Trinajstić information content (AvgIpc) is 2.03. The van der Waals surface area contributed by atoms with E-state index in [1.807, 2.05) is 20.8 Å². The van der Waals surface area contributed by atoms with Gasteiger partial charge < -0.3 is 5.32 Å². The molecule has 0 heterocycles. The number of amides is 1. The summed E-state index contributed by atoms with van der Waals surface area (Å²) in [6.45, 7) is 5.87. The number of nitrogens with one attached hydrogen (secondary N) is 1. The van der Waals surface area contributed by atoms with Crippen LogP contribution in [0.4, 0.5) is 0 Å². The minimum atomic E-state index is -0.188. The smallest absolute Gasteiger partial charge is 0.251 e. The van der Waals surface area contributed by atoms with E-state index in [-0.39, 0.29) is 11.4 Å². The van der Waals surface area contributed by atoms with E-state index in [0.29, 0.717) is 5.56 Å². The van der Waals surface area contributed by atoms with Gasteiger partial charge in [0.05, 0.1) is 0 Å². The molecule has 0 bridgehead atoms. The quantitative estimate of drug-likeness (QED) is 0.696. The maximum Gasteiger partial charge on any atom is 0.251 e. The van der Waals surface area contributed by atoms with Crippen molar-refractivity contribution in [3.05, 3.63) is 35.9 Å². The van der Waals surface area contributed by atoms with Crippen molar-refractivity contribution < 1.29 is 4.79 Å². The molecule has 0 fully saturated rings. The summed E-state index contributed by atoms with van der Waals surface area (Å²) in [5.41, 5.74) is 0.463. The third kappa shape index (κ3) is 3.28. The van der Waals surface area contributed by atoms with Crippen LogP contribution in [0.25, 0.3) is 0 Å². The molecule has 0 aliphatic heterocycles. The molecule has 1 rings (SSSR count). The van der Waals surface area contributed by atoms with Crippen molar-refractivity contribution in [1.82, 2.24) is 5.32 Å². The van der Waals surface area contributed by atoms with Crippen LogP contribution < -0.4 is 5.32 Å². The van der Waals surface area contributed by atoms with Crippen molar-refractivity contribution in [2.75, 3.05) is 0 Å². The molecule has 1 aromatic carbocycles. The summed E-state index contributed by atoms with van der Waals surface area (Å²) >= 11 is 0. The molecule has 2 nitrogen and oxygen atoms in total. The van der Waals surface area contributed by atoms with E-state index < -0.39 is 0 Å². The molecule has 0 saturated heterocycles. The van der Waals surface area contributed by atoms with Crippen molar-refractivity contribution in [3.8, 4) is 0 Å². The summed E-state index contributed by atoms with van der Waals surface area (Å²) in [7, 11) is 0. The summed E-state index contributed by atoms with van der Waals surface area (Å²) < 4.78 is 0. The minimum Gasteiger partial charge on any atom is -0.347 e. The number of carbonyl (C=O) groups excluding carboxylic acids is 1. The molecule has 0 aliphatic carbocycles. The number of rotatable bonds is 1. The minimum absolute atomic E-state index is 0.0515. The maximum atomic E-state index is 11.5. The van der Waals surface area contributed by atoms with E-state index in [2.05, 4.69) is 11.4 Å². The Bertz CT molecular complexity index is 285. The summed E-state index contributed by atoms with van der Waals surface area (Å²) in [5.74, 6) is -0.0515. The van der Waals surface area contributed by atoms with Gasteiger partial charge in [-0.1, -0.05) is 12.1 Å². The van der Waals surface area contributed by atoms with Crippen LogP contribution in [-0.2, 0) is 0 Å². The normalized spacial score (nSPS) is 11.0. The lowest BCUT2D eigenvalue weighted by Crippen LogP contribution is -2.40. The zero-order valence-electron chi connectivity index (χ0n) is 8.22. The molecule has 1 amide bonds. The molecule has 0 unspecified atom stereocenters. The standard InChI is InChI=1S/C11H14NO/c1-11(2,3)12-10(13)9-7-5-4-6-8-9/h4-5,7-8H,1-3H3,(H,12,13). The number of hydrogen-bond acceptors (Lipinski definition) is 1. The summed E-state index contributed by atoms with van der Waals surface area (Å²) in [5, 5.41) is 2.88. The van der Waals surface area contributed by atoms with Crippen molar-refractivity contribution >= 4 is 5.91 Å². The average molecular weight is 176 g/mol. The molecule has 1 radical (unpaired) electrons. The first-order chi connectivity index (χ1) is 5.99. The Morgan fingerprint density at radius 1 is 1.46 bits per heavy atom. The van der Waals surface area contributed by atoms with E-state index in [9.17, 15) is 4.79 Å². The highest BCUT2D eigenvalue weighted by Crippen LogP contribution is 2.03. The van der Waals surface area contributed by atoms with Crippen LogP contribution in [0, 0.1) is 6.07 Å². The predicted octanol–water partition coefficient (Wildman–Crippen LogP) is 2.02. The zero-order chi connectivity index (χ0) is 9.90. The van der Waals surface area contributed by atoms with Gasteiger partial charge in [-0.3, -0.25) is 4.79 Å². The largest absolute Gasteiger partial charge is 0.347 e. The zero-order valence-corrected chi connectivity index (χ0v) is 8.22. The van der Waals surface area contributed by atoms with Gasteiger partial charge in [0.1, 0.15) is 0 Å². The lowest BCUT2D eigenvalue weighted by atomic mass is 10.1. The molecule has 0 spiro atoms. The van der Waals surface area contributed by atoms with Gasteiger partial charge in [0.15, 0.2) is 0 Å². The van der Waals surface area contributed by atoms with Crippen LogP contribution >= 0.6 is 0 Å². The van der Waals surface area contributed by atoms with Crippen LogP contribution in [-0.4, -0.2) is 11.4 Å². The van der Waals surface area contributed by atoms with E-state index in [4.69, 9.17) is 0 Å². The molecule has 0 aromatic heterocycles. The summed E-state index contributed by atoms with van der Waals surface area (Å²) in [4.78, 5) is 11.5. The summed E-state index contributed by atoms with van der Waals surface area (Å²) in [6.07, 6.45) is 0. The SMILES string of the molecule is CC(C)(C)NC(=O)c1c[c]ccc1. The first-order valence-electron chi connectivity index (χ1n) is 4.28. The molecule has 69 valence electrons. The van der Waals surface area contributed by atoms with Crippen LogP contribution in [0.1, 0.15) is 31.1 Å². The number of benzene rings is 1. The fourth-order valence-corrected chi connectivity index (χ4v) is 0.947. The van der Waals surface area contributed by atoms with E-state index in [1.165, 1.54) is 0 Å². The van der Waals surface area contributed by atoms with Crippen molar-refractivity contribution in [1.29, 1.82) is 0 Å². The Labute approximate surface area is 79.0 Å². The number of carbonyl (C=O) groups is 1. The lowest BCUT2D eigenvalue weighted by molar-refractivity contribution is 0.0919. The predicted molar refractivity (Wildman–Crippen MR) is 52.5 cm³/mol. The van der Waals surface area contributed by atoms with Gasteiger partial charge in [0.25, 0.3) is 5.91 Å². The van der Waals surface area contributed by atoms with E-state index in [1.54, 1.807) is 24.3 Å². The fourth-order valence-electron chi connectivity index (χ4n) is 0.947. The van der Waals surface area contributed by atoms with Gasteiger partial charge >= 0.3 is 0 Å². The molecular weight excluding hydrogens is 162 g/mol. The summed E-state index contributed by atoms with van der Waals surface area (Å²) in [6, 6.07) is 9.90. The van der Waals surface area contributed by atoms with Crippen LogP contribution in [0.5, 0.6) is 0 Å². The molecule has 1 N–H and O–H groups in total.